The highest BCUT2D eigenvalue weighted by atomic mass is 32.2. The molecule has 0 bridgehead atoms. The van der Waals surface area contributed by atoms with Gasteiger partial charge in [-0.25, -0.2) is 4.79 Å². The number of ether oxygens (including phenoxy) is 3. The van der Waals surface area contributed by atoms with E-state index in [1.807, 2.05) is 30.3 Å². The van der Waals surface area contributed by atoms with Crippen LogP contribution in [0.2, 0.25) is 0 Å². The zero-order valence-corrected chi connectivity index (χ0v) is 23.6. The molecule has 1 aliphatic rings. The van der Waals surface area contributed by atoms with Crippen molar-refractivity contribution in [2.45, 2.75) is 88.3 Å². The van der Waals surface area contributed by atoms with Crippen LogP contribution in [-0.2, 0) is 33.2 Å². The first-order chi connectivity index (χ1) is 17.7. The Hall–Kier alpha value is -2.23. The molecule has 1 aliphatic heterocycles. The van der Waals surface area contributed by atoms with Gasteiger partial charge in [0.05, 0.1) is 24.3 Å². The molecule has 5 nitrogen and oxygen atoms in total. The number of amides is 1. The number of carbonyl (C=O) groups excluding carboxylic acids is 1. The standard InChI is InChI=1S/C29H38F3NO4S/c1-26(2,3)37-25(34)33-28(19-35-27(4,5)36-20-28)16-15-22-13-14-24(23(18-22)29(30,31)32)38-17-9-12-21-10-7-6-8-11-21/h6-8,10-11,13-14,18H,9,12,15-17,19-20H2,1-5H3,(H,33,34). The van der Waals surface area contributed by atoms with Gasteiger partial charge in [0.1, 0.15) is 5.60 Å². The van der Waals surface area contributed by atoms with Crippen molar-refractivity contribution in [1.29, 1.82) is 0 Å². The minimum absolute atomic E-state index is 0.153. The van der Waals surface area contributed by atoms with Crippen molar-refractivity contribution in [3.63, 3.8) is 0 Å². The Balaban J connectivity index is 1.68. The number of hydrogen-bond donors (Lipinski definition) is 1. The first kappa shape index (κ1) is 30.3. The van der Waals surface area contributed by atoms with Gasteiger partial charge < -0.3 is 19.5 Å². The van der Waals surface area contributed by atoms with Gasteiger partial charge in [0.2, 0.25) is 0 Å². The minimum Gasteiger partial charge on any atom is -0.444 e. The van der Waals surface area contributed by atoms with Crippen LogP contribution in [0.4, 0.5) is 18.0 Å². The second kappa shape index (κ2) is 12.3. The molecule has 0 saturated carbocycles. The molecule has 0 atom stereocenters. The largest absolute Gasteiger partial charge is 0.444 e. The predicted molar refractivity (Wildman–Crippen MR) is 143 cm³/mol. The number of aryl methyl sites for hydroxylation is 2. The quantitative estimate of drug-likeness (QED) is 0.259. The second-order valence-corrected chi connectivity index (χ2v) is 12.3. The number of thioether (sulfide) groups is 1. The summed E-state index contributed by atoms with van der Waals surface area (Å²) in [6.07, 6.45) is -2.87. The molecule has 0 radical (unpaired) electrons. The molecule has 2 aromatic carbocycles. The lowest BCUT2D eigenvalue weighted by molar-refractivity contribution is -0.271. The summed E-state index contributed by atoms with van der Waals surface area (Å²) in [4.78, 5) is 12.8. The van der Waals surface area contributed by atoms with E-state index in [0.717, 1.165) is 12.8 Å². The lowest BCUT2D eigenvalue weighted by Gasteiger charge is -2.44. The van der Waals surface area contributed by atoms with E-state index in [-0.39, 0.29) is 18.1 Å². The molecule has 0 unspecified atom stereocenters. The van der Waals surface area contributed by atoms with E-state index in [9.17, 15) is 18.0 Å². The van der Waals surface area contributed by atoms with Crippen LogP contribution in [0.5, 0.6) is 0 Å². The van der Waals surface area contributed by atoms with Crippen molar-refractivity contribution >= 4 is 17.9 Å². The summed E-state index contributed by atoms with van der Waals surface area (Å²) >= 11 is 1.23. The zero-order chi connectivity index (χ0) is 28.0. The number of rotatable bonds is 9. The average molecular weight is 554 g/mol. The number of alkyl halides is 3. The van der Waals surface area contributed by atoms with E-state index < -0.39 is 34.8 Å². The highest BCUT2D eigenvalue weighted by Gasteiger charge is 2.42. The van der Waals surface area contributed by atoms with Crippen molar-refractivity contribution < 1.29 is 32.2 Å². The molecule has 3 rings (SSSR count). The van der Waals surface area contributed by atoms with Gasteiger partial charge in [-0.2, -0.15) is 13.2 Å². The van der Waals surface area contributed by atoms with Crippen LogP contribution in [0.15, 0.2) is 53.4 Å². The van der Waals surface area contributed by atoms with Gasteiger partial charge in [-0.15, -0.1) is 11.8 Å². The summed E-state index contributed by atoms with van der Waals surface area (Å²) in [6, 6.07) is 14.4. The third-order valence-corrected chi connectivity index (χ3v) is 7.27. The van der Waals surface area contributed by atoms with Crippen LogP contribution in [0.1, 0.15) is 64.2 Å². The third kappa shape index (κ3) is 9.50. The monoisotopic (exact) mass is 553 g/mol. The van der Waals surface area contributed by atoms with Gasteiger partial charge in [0.25, 0.3) is 0 Å². The Morgan fingerprint density at radius 3 is 2.26 bits per heavy atom. The van der Waals surface area contributed by atoms with Crippen LogP contribution in [0.3, 0.4) is 0 Å². The highest BCUT2D eigenvalue weighted by molar-refractivity contribution is 7.99. The van der Waals surface area contributed by atoms with Crippen molar-refractivity contribution in [3.05, 3.63) is 65.2 Å². The maximum atomic E-state index is 14.0. The molecule has 0 spiro atoms. The topological polar surface area (TPSA) is 56.8 Å². The molecule has 1 saturated heterocycles. The van der Waals surface area contributed by atoms with E-state index in [1.54, 1.807) is 46.8 Å². The van der Waals surface area contributed by atoms with Gasteiger partial charge in [0.15, 0.2) is 5.79 Å². The van der Waals surface area contributed by atoms with Gasteiger partial charge >= 0.3 is 12.3 Å². The van der Waals surface area contributed by atoms with Crippen molar-refractivity contribution in [2.75, 3.05) is 19.0 Å². The Kier molecular flexibility index (Phi) is 9.81. The summed E-state index contributed by atoms with van der Waals surface area (Å²) in [5.74, 6) is -0.230. The predicted octanol–water partition coefficient (Wildman–Crippen LogP) is 7.41. The number of nitrogens with one attached hydrogen (secondary N) is 1. The molecule has 1 N–H and O–H groups in total. The number of alkyl carbamates (subject to hydrolysis) is 1. The van der Waals surface area contributed by atoms with E-state index in [4.69, 9.17) is 14.2 Å². The maximum absolute atomic E-state index is 14.0. The molecule has 2 aromatic rings. The number of hydrogen-bond acceptors (Lipinski definition) is 5. The minimum atomic E-state index is -4.47. The lowest BCUT2D eigenvalue weighted by atomic mass is 9.91. The van der Waals surface area contributed by atoms with Crippen LogP contribution < -0.4 is 5.32 Å². The fraction of sp³-hybridized carbons (Fsp3) is 0.552. The smallest absolute Gasteiger partial charge is 0.417 e. The SMILES string of the molecule is CC(C)(C)OC(=O)NC1(CCc2ccc(SCCCc3ccccc3)c(C(F)(F)F)c2)COC(C)(C)OC1. The fourth-order valence-electron chi connectivity index (χ4n) is 4.07. The summed E-state index contributed by atoms with van der Waals surface area (Å²) < 4.78 is 58.9. The molecule has 1 fully saturated rings. The molecule has 38 heavy (non-hydrogen) atoms. The number of carbonyl (C=O) groups is 1. The van der Waals surface area contributed by atoms with Gasteiger partial charge in [-0.05, 0) is 89.3 Å². The van der Waals surface area contributed by atoms with E-state index in [2.05, 4.69) is 5.32 Å². The molecule has 1 amide bonds. The summed E-state index contributed by atoms with van der Waals surface area (Å²) in [5, 5.41) is 2.86. The Morgan fingerprint density at radius 2 is 1.66 bits per heavy atom. The number of halogens is 3. The van der Waals surface area contributed by atoms with Crippen molar-refractivity contribution in [2.24, 2.45) is 0 Å². The zero-order valence-electron chi connectivity index (χ0n) is 22.7. The van der Waals surface area contributed by atoms with Crippen molar-refractivity contribution in [3.8, 4) is 0 Å². The molecule has 1 heterocycles. The lowest BCUT2D eigenvalue weighted by Crippen LogP contribution is -2.61. The molecule has 9 heteroatoms. The molecule has 0 aromatic heterocycles. The van der Waals surface area contributed by atoms with Crippen LogP contribution in [-0.4, -0.2) is 42.0 Å². The Labute approximate surface area is 227 Å². The summed E-state index contributed by atoms with van der Waals surface area (Å²) in [7, 11) is 0. The van der Waals surface area contributed by atoms with E-state index in [0.29, 0.717) is 24.2 Å². The van der Waals surface area contributed by atoms with Crippen LogP contribution in [0, 0.1) is 0 Å². The first-order valence-electron chi connectivity index (χ1n) is 12.8. The molecule has 0 aliphatic carbocycles. The fourth-order valence-corrected chi connectivity index (χ4v) is 5.08. The van der Waals surface area contributed by atoms with Crippen molar-refractivity contribution in [1.82, 2.24) is 5.32 Å². The van der Waals surface area contributed by atoms with Crippen LogP contribution in [0.25, 0.3) is 0 Å². The second-order valence-electron chi connectivity index (χ2n) is 11.2. The maximum Gasteiger partial charge on any atom is 0.417 e. The Bertz CT molecular complexity index is 1060. The van der Waals surface area contributed by atoms with Crippen LogP contribution >= 0.6 is 11.8 Å². The normalized spacial score (nSPS) is 17.2. The Morgan fingerprint density at radius 1 is 1.00 bits per heavy atom. The first-order valence-corrected chi connectivity index (χ1v) is 13.8. The summed E-state index contributed by atoms with van der Waals surface area (Å²) in [5.41, 5.74) is -0.558. The van der Waals surface area contributed by atoms with Gasteiger partial charge in [0, 0.05) is 4.90 Å². The number of benzene rings is 2. The third-order valence-electron chi connectivity index (χ3n) is 6.11. The molecular formula is C29H38F3NO4S. The highest BCUT2D eigenvalue weighted by Crippen LogP contribution is 2.38. The average Bonchev–Trinajstić information content (AvgIpc) is 2.82. The van der Waals surface area contributed by atoms with E-state index in [1.165, 1.54) is 23.4 Å². The van der Waals surface area contributed by atoms with Gasteiger partial charge in [-0.1, -0.05) is 36.4 Å². The summed E-state index contributed by atoms with van der Waals surface area (Å²) in [6.45, 7) is 9.14. The molecular weight excluding hydrogens is 515 g/mol. The van der Waals surface area contributed by atoms with E-state index >= 15 is 0 Å². The van der Waals surface area contributed by atoms with Gasteiger partial charge in [-0.3, -0.25) is 0 Å². The molecule has 210 valence electrons.